The number of carbonyl (C=O) groups excluding carboxylic acids is 1. The van der Waals surface area contributed by atoms with Crippen LogP contribution in [-0.2, 0) is 7.05 Å². The van der Waals surface area contributed by atoms with Crippen molar-refractivity contribution in [1.82, 2.24) is 25.1 Å². The summed E-state index contributed by atoms with van der Waals surface area (Å²) in [5, 5.41) is 10.9. The highest BCUT2D eigenvalue weighted by atomic mass is 16.1. The van der Waals surface area contributed by atoms with Gasteiger partial charge >= 0.3 is 0 Å². The molecule has 2 aromatic heterocycles. The number of benzene rings is 1. The lowest BCUT2D eigenvalue weighted by Gasteiger charge is -2.12. The summed E-state index contributed by atoms with van der Waals surface area (Å²) >= 11 is 0. The monoisotopic (exact) mass is 335 g/mol. The molecule has 128 valence electrons. The molecule has 3 aromatic rings. The molecule has 1 atom stereocenters. The van der Waals surface area contributed by atoms with Crippen molar-refractivity contribution >= 4 is 5.91 Å². The predicted octanol–water partition coefficient (Wildman–Crippen LogP) is 2.72. The second kappa shape index (κ2) is 7.25. The summed E-state index contributed by atoms with van der Waals surface area (Å²) in [6.45, 7) is 4.54. The van der Waals surface area contributed by atoms with E-state index < -0.39 is 0 Å². The lowest BCUT2D eigenvalue weighted by Crippen LogP contribution is -2.28. The second-order valence-electron chi connectivity index (χ2n) is 6.24. The largest absolute Gasteiger partial charge is 0.351 e. The van der Waals surface area contributed by atoms with Crippen LogP contribution in [0.25, 0.3) is 11.1 Å². The maximum atomic E-state index is 12.4. The van der Waals surface area contributed by atoms with Gasteiger partial charge < -0.3 is 9.88 Å². The van der Waals surface area contributed by atoms with E-state index in [1.165, 1.54) is 5.56 Å². The van der Waals surface area contributed by atoms with E-state index in [1.54, 1.807) is 18.7 Å². The van der Waals surface area contributed by atoms with Gasteiger partial charge in [0.1, 0.15) is 12.2 Å². The van der Waals surface area contributed by atoms with E-state index in [-0.39, 0.29) is 11.8 Å². The van der Waals surface area contributed by atoms with Crippen LogP contribution in [0.3, 0.4) is 0 Å². The molecule has 0 spiro atoms. The number of nitrogens with zero attached hydrogens (tertiary/aromatic N) is 4. The molecule has 1 aromatic carbocycles. The zero-order chi connectivity index (χ0) is 17.8. The van der Waals surface area contributed by atoms with Gasteiger partial charge in [-0.15, -0.1) is 10.2 Å². The van der Waals surface area contributed by atoms with E-state index >= 15 is 0 Å². The Labute approximate surface area is 146 Å². The summed E-state index contributed by atoms with van der Waals surface area (Å²) < 4.78 is 1.86. The fraction of sp³-hybridized carbons (Fsp3) is 0.263. The van der Waals surface area contributed by atoms with Gasteiger partial charge in [-0.1, -0.05) is 36.8 Å². The number of carbonyl (C=O) groups is 1. The topological polar surface area (TPSA) is 72.7 Å². The summed E-state index contributed by atoms with van der Waals surface area (Å²) in [4.78, 5) is 16.7. The molecule has 0 radical (unpaired) electrons. The van der Waals surface area contributed by atoms with Crippen LogP contribution >= 0.6 is 0 Å². The van der Waals surface area contributed by atoms with Crippen molar-refractivity contribution in [2.24, 2.45) is 7.05 Å². The Hall–Kier alpha value is -3.02. The van der Waals surface area contributed by atoms with Crippen LogP contribution < -0.4 is 5.32 Å². The molecule has 2 heterocycles. The smallest absolute Gasteiger partial charge is 0.252 e. The highest BCUT2D eigenvalue weighted by Crippen LogP contribution is 2.20. The van der Waals surface area contributed by atoms with Crippen LogP contribution in [0.15, 0.2) is 49.1 Å². The third-order valence-corrected chi connectivity index (χ3v) is 4.14. The number of nitrogens with one attached hydrogen (secondary N) is 1. The van der Waals surface area contributed by atoms with Crippen molar-refractivity contribution in [2.75, 3.05) is 6.54 Å². The van der Waals surface area contributed by atoms with Crippen molar-refractivity contribution in [1.29, 1.82) is 0 Å². The van der Waals surface area contributed by atoms with E-state index in [0.717, 1.165) is 17.0 Å². The molecular formula is C19H21N5O. The molecule has 0 aliphatic rings. The van der Waals surface area contributed by atoms with Crippen LogP contribution in [0.4, 0.5) is 0 Å². The van der Waals surface area contributed by atoms with Crippen molar-refractivity contribution in [3.05, 3.63) is 66.0 Å². The molecule has 3 rings (SSSR count). The average molecular weight is 335 g/mol. The standard InChI is InChI=1S/C19H21N5O/c1-13-4-6-15(7-5-13)16-8-17(11-20-10-16)19(25)21-9-14(2)18-23-22-12-24(18)3/h4-8,10-12,14H,9H2,1-3H3,(H,21,25)/t14-/m0/s1. The molecule has 0 saturated heterocycles. The highest BCUT2D eigenvalue weighted by molar-refractivity contribution is 5.95. The van der Waals surface area contributed by atoms with Crippen molar-refractivity contribution < 1.29 is 4.79 Å². The minimum Gasteiger partial charge on any atom is -0.351 e. The van der Waals surface area contributed by atoms with Crippen LogP contribution in [0.2, 0.25) is 0 Å². The fourth-order valence-corrected chi connectivity index (χ4v) is 2.65. The first-order valence-corrected chi connectivity index (χ1v) is 8.19. The molecule has 0 aliphatic carbocycles. The number of aryl methyl sites for hydroxylation is 2. The van der Waals surface area contributed by atoms with Gasteiger partial charge in [-0.25, -0.2) is 0 Å². The van der Waals surface area contributed by atoms with Gasteiger partial charge in [0.2, 0.25) is 0 Å². The maximum Gasteiger partial charge on any atom is 0.252 e. The normalized spacial score (nSPS) is 12.0. The van der Waals surface area contributed by atoms with Gasteiger partial charge in [-0.3, -0.25) is 9.78 Å². The summed E-state index contributed by atoms with van der Waals surface area (Å²) in [7, 11) is 1.89. The Morgan fingerprint density at radius 1 is 1.20 bits per heavy atom. The first-order valence-electron chi connectivity index (χ1n) is 8.19. The summed E-state index contributed by atoms with van der Waals surface area (Å²) in [5.74, 6) is 0.770. The lowest BCUT2D eigenvalue weighted by molar-refractivity contribution is 0.0951. The molecule has 0 saturated carbocycles. The van der Waals surface area contributed by atoms with Gasteiger partial charge in [0.15, 0.2) is 0 Å². The van der Waals surface area contributed by atoms with Gasteiger partial charge in [-0.2, -0.15) is 0 Å². The minimum absolute atomic E-state index is 0.0738. The number of hydrogen-bond acceptors (Lipinski definition) is 4. The van der Waals surface area contributed by atoms with Gasteiger partial charge in [0.05, 0.1) is 5.56 Å². The first-order chi connectivity index (χ1) is 12.0. The van der Waals surface area contributed by atoms with E-state index in [0.29, 0.717) is 12.1 Å². The van der Waals surface area contributed by atoms with Crippen LogP contribution in [0.5, 0.6) is 0 Å². The Balaban J connectivity index is 1.69. The number of pyridine rings is 1. The predicted molar refractivity (Wildman–Crippen MR) is 96.2 cm³/mol. The van der Waals surface area contributed by atoms with Crippen LogP contribution in [0, 0.1) is 6.92 Å². The zero-order valence-electron chi connectivity index (χ0n) is 14.6. The minimum atomic E-state index is -0.143. The third kappa shape index (κ3) is 3.91. The van der Waals surface area contributed by atoms with Gasteiger partial charge in [0.25, 0.3) is 5.91 Å². The average Bonchev–Trinajstić information content (AvgIpc) is 3.06. The SMILES string of the molecule is Cc1ccc(-c2cncc(C(=O)NC[C@H](C)c3nncn3C)c2)cc1. The maximum absolute atomic E-state index is 12.4. The molecule has 0 fully saturated rings. The third-order valence-electron chi connectivity index (χ3n) is 4.14. The Bertz CT molecular complexity index is 870. The summed E-state index contributed by atoms with van der Waals surface area (Å²) in [6.07, 6.45) is 5.01. The van der Waals surface area contributed by atoms with Crippen molar-refractivity contribution in [3.8, 4) is 11.1 Å². The molecule has 6 nitrogen and oxygen atoms in total. The number of hydrogen-bond donors (Lipinski definition) is 1. The number of aromatic nitrogens is 4. The first kappa shape index (κ1) is 16.8. The molecular weight excluding hydrogens is 314 g/mol. The van der Waals surface area contributed by atoms with Crippen LogP contribution in [0.1, 0.15) is 34.6 Å². The van der Waals surface area contributed by atoms with Crippen molar-refractivity contribution in [2.45, 2.75) is 19.8 Å². The molecule has 25 heavy (non-hydrogen) atoms. The Kier molecular flexibility index (Phi) is 4.88. The molecule has 0 unspecified atom stereocenters. The number of amides is 1. The van der Waals surface area contributed by atoms with E-state index in [4.69, 9.17) is 0 Å². The van der Waals surface area contributed by atoms with E-state index in [9.17, 15) is 4.79 Å². The summed E-state index contributed by atoms with van der Waals surface area (Å²) in [5.41, 5.74) is 3.71. The Morgan fingerprint density at radius 2 is 1.96 bits per heavy atom. The molecule has 6 heteroatoms. The molecule has 0 bridgehead atoms. The van der Waals surface area contributed by atoms with Gasteiger partial charge in [0, 0.05) is 37.5 Å². The quantitative estimate of drug-likeness (QED) is 0.778. The lowest BCUT2D eigenvalue weighted by atomic mass is 10.0. The Morgan fingerprint density at radius 3 is 2.64 bits per heavy atom. The second-order valence-corrected chi connectivity index (χ2v) is 6.24. The highest BCUT2D eigenvalue weighted by Gasteiger charge is 2.14. The van der Waals surface area contributed by atoms with Crippen molar-refractivity contribution in [3.63, 3.8) is 0 Å². The number of rotatable bonds is 5. The van der Waals surface area contributed by atoms with Gasteiger partial charge in [-0.05, 0) is 18.6 Å². The zero-order valence-corrected chi connectivity index (χ0v) is 14.6. The molecule has 0 aliphatic heterocycles. The molecule has 1 amide bonds. The summed E-state index contributed by atoms with van der Waals surface area (Å²) in [6, 6.07) is 10.0. The van der Waals surface area contributed by atoms with E-state index in [1.807, 2.05) is 55.8 Å². The fourth-order valence-electron chi connectivity index (χ4n) is 2.65. The van der Waals surface area contributed by atoms with E-state index in [2.05, 4.69) is 20.5 Å². The molecule has 1 N–H and O–H groups in total. The van der Waals surface area contributed by atoms with Crippen LogP contribution in [-0.4, -0.2) is 32.2 Å².